The topological polar surface area (TPSA) is 75.4 Å². The van der Waals surface area contributed by atoms with Crippen molar-refractivity contribution < 1.29 is 9.59 Å². The zero-order valence-electron chi connectivity index (χ0n) is 14.0. The number of carbonyl (C=O) groups excluding carboxylic acids is 2. The van der Waals surface area contributed by atoms with E-state index in [1.54, 1.807) is 60.7 Å². The number of benzene rings is 3. The highest BCUT2D eigenvalue weighted by Crippen LogP contribution is 2.28. The summed E-state index contributed by atoms with van der Waals surface area (Å²) in [5.74, 6) is -1.56. The van der Waals surface area contributed by atoms with Gasteiger partial charge < -0.3 is 11.1 Å². The molecule has 0 aliphatic rings. The Labute approximate surface area is 166 Å². The number of nitrogens with zero attached hydrogens (tertiary/aromatic N) is 1. The van der Waals surface area contributed by atoms with E-state index in [0.29, 0.717) is 27.8 Å². The lowest BCUT2D eigenvalue weighted by molar-refractivity contribution is -0.134. The van der Waals surface area contributed by atoms with Gasteiger partial charge in [-0.25, -0.2) is 0 Å². The van der Waals surface area contributed by atoms with Crippen molar-refractivity contribution >= 4 is 57.8 Å². The Morgan fingerprint density at radius 1 is 0.815 bits per heavy atom. The minimum absolute atomic E-state index is 0.278. The maximum absolute atomic E-state index is 12.9. The van der Waals surface area contributed by atoms with Gasteiger partial charge in [0, 0.05) is 22.7 Å². The smallest absolute Gasteiger partial charge is 0.321 e. The summed E-state index contributed by atoms with van der Waals surface area (Å²) in [6.07, 6.45) is 0. The van der Waals surface area contributed by atoms with Gasteiger partial charge in [-0.15, -0.1) is 0 Å². The molecule has 0 aliphatic heterocycles. The lowest BCUT2D eigenvalue weighted by atomic mass is 10.2. The predicted molar refractivity (Wildman–Crippen MR) is 110 cm³/mol. The molecule has 0 radical (unpaired) electrons. The third-order valence-corrected chi connectivity index (χ3v) is 4.48. The van der Waals surface area contributed by atoms with Crippen molar-refractivity contribution in [2.45, 2.75) is 0 Å². The van der Waals surface area contributed by atoms with Crippen LogP contribution in [0.3, 0.4) is 0 Å². The van der Waals surface area contributed by atoms with Crippen LogP contribution in [0.15, 0.2) is 72.8 Å². The first-order chi connectivity index (χ1) is 13.0. The number of hydrogen-bond acceptors (Lipinski definition) is 3. The first kappa shape index (κ1) is 18.8. The van der Waals surface area contributed by atoms with Gasteiger partial charge in [-0.3, -0.25) is 14.5 Å². The van der Waals surface area contributed by atoms with E-state index >= 15 is 0 Å². The van der Waals surface area contributed by atoms with Crippen molar-refractivity contribution in [3.8, 4) is 0 Å². The fourth-order valence-corrected chi connectivity index (χ4v) is 2.74. The van der Waals surface area contributed by atoms with Gasteiger partial charge in [-0.1, -0.05) is 41.4 Å². The number of nitrogens with two attached hydrogens (primary N) is 1. The van der Waals surface area contributed by atoms with Gasteiger partial charge in [0.2, 0.25) is 0 Å². The van der Waals surface area contributed by atoms with E-state index in [1.165, 1.54) is 11.0 Å². The summed E-state index contributed by atoms with van der Waals surface area (Å²) in [4.78, 5) is 26.8. The predicted octanol–water partition coefficient (Wildman–Crippen LogP) is 4.88. The van der Waals surface area contributed by atoms with Gasteiger partial charge >= 0.3 is 11.8 Å². The van der Waals surface area contributed by atoms with Gasteiger partial charge in [-0.2, -0.15) is 0 Å². The van der Waals surface area contributed by atoms with Gasteiger partial charge in [0.15, 0.2) is 0 Å². The van der Waals surface area contributed by atoms with Crippen LogP contribution in [0, 0.1) is 0 Å². The van der Waals surface area contributed by atoms with E-state index in [-0.39, 0.29) is 5.02 Å². The number of anilines is 4. The molecule has 0 unspecified atom stereocenters. The van der Waals surface area contributed by atoms with E-state index in [9.17, 15) is 9.59 Å². The second kappa shape index (κ2) is 8.12. The monoisotopic (exact) mass is 399 g/mol. The summed E-state index contributed by atoms with van der Waals surface area (Å²) < 4.78 is 0. The van der Waals surface area contributed by atoms with Crippen molar-refractivity contribution in [1.82, 2.24) is 0 Å². The fourth-order valence-electron chi connectivity index (χ4n) is 2.44. The molecule has 0 bridgehead atoms. The van der Waals surface area contributed by atoms with Gasteiger partial charge in [0.25, 0.3) is 0 Å². The molecule has 0 saturated heterocycles. The third kappa shape index (κ3) is 4.39. The van der Waals surface area contributed by atoms with Crippen LogP contribution >= 0.6 is 23.2 Å². The summed E-state index contributed by atoms with van der Waals surface area (Å²) in [6.45, 7) is 0. The molecule has 2 amide bonds. The molecule has 0 fully saturated rings. The van der Waals surface area contributed by atoms with Crippen molar-refractivity contribution in [2.24, 2.45) is 0 Å². The summed E-state index contributed by atoms with van der Waals surface area (Å²) in [6, 6.07) is 20.1. The van der Waals surface area contributed by atoms with Crippen molar-refractivity contribution in [2.75, 3.05) is 16.0 Å². The lowest BCUT2D eigenvalue weighted by Crippen LogP contribution is -2.36. The van der Waals surface area contributed by atoms with Crippen LogP contribution in [0.1, 0.15) is 0 Å². The average Bonchev–Trinajstić information content (AvgIpc) is 2.67. The molecule has 0 atom stereocenters. The first-order valence-electron chi connectivity index (χ1n) is 7.97. The number of nitrogens with one attached hydrogen (secondary N) is 1. The second-order valence-corrected chi connectivity index (χ2v) is 6.47. The quantitative estimate of drug-likeness (QED) is 0.486. The highest BCUT2D eigenvalue weighted by molar-refractivity contribution is 6.46. The molecule has 3 aromatic rings. The molecule has 3 N–H and O–H groups in total. The molecule has 136 valence electrons. The molecule has 0 heterocycles. The number of para-hydroxylation sites is 1. The van der Waals surface area contributed by atoms with Gasteiger partial charge in [0.1, 0.15) is 0 Å². The summed E-state index contributed by atoms with van der Waals surface area (Å²) in [7, 11) is 0. The number of amides is 2. The Kier molecular flexibility index (Phi) is 5.64. The fraction of sp³-hybridized carbons (Fsp3) is 0. The van der Waals surface area contributed by atoms with Gasteiger partial charge in [-0.05, 0) is 54.6 Å². The molecule has 0 aliphatic carbocycles. The lowest BCUT2D eigenvalue weighted by Gasteiger charge is -2.22. The van der Waals surface area contributed by atoms with Crippen molar-refractivity contribution in [3.63, 3.8) is 0 Å². The van der Waals surface area contributed by atoms with Crippen LogP contribution in [0.4, 0.5) is 22.7 Å². The molecule has 7 heteroatoms. The van der Waals surface area contributed by atoms with E-state index in [4.69, 9.17) is 28.9 Å². The summed E-state index contributed by atoms with van der Waals surface area (Å²) in [5.41, 5.74) is 7.72. The maximum atomic E-state index is 12.9. The Morgan fingerprint density at radius 3 is 2.07 bits per heavy atom. The van der Waals surface area contributed by atoms with Crippen LogP contribution in [-0.4, -0.2) is 11.8 Å². The van der Waals surface area contributed by atoms with Crippen LogP contribution in [0.2, 0.25) is 10.0 Å². The van der Waals surface area contributed by atoms with E-state index in [0.717, 1.165) is 0 Å². The van der Waals surface area contributed by atoms with E-state index in [2.05, 4.69) is 5.32 Å². The number of carbonyl (C=O) groups is 2. The molecule has 0 spiro atoms. The van der Waals surface area contributed by atoms with Crippen molar-refractivity contribution in [1.29, 1.82) is 0 Å². The zero-order chi connectivity index (χ0) is 19.4. The Hall–Kier alpha value is -3.02. The molecular formula is C20H15Cl2N3O2. The van der Waals surface area contributed by atoms with Crippen molar-refractivity contribution in [3.05, 3.63) is 82.8 Å². The molecule has 5 nitrogen and oxygen atoms in total. The van der Waals surface area contributed by atoms with E-state index < -0.39 is 11.8 Å². The third-order valence-electron chi connectivity index (χ3n) is 3.74. The van der Waals surface area contributed by atoms with Crippen LogP contribution < -0.4 is 16.0 Å². The molecule has 3 aromatic carbocycles. The van der Waals surface area contributed by atoms with Crippen LogP contribution in [-0.2, 0) is 9.59 Å². The first-order valence-corrected chi connectivity index (χ1v) is 8.72. The van der Waals surface area contributed by atoms with E-state index in [1.807, 2.05) is 6.07 Å². The summed E-state index contributed by atoms with van der Waals surface area (Å²) in [5, 5.41) is 3.18. The molecule has 0 aromatic heterocycles. The molecular weight excluding hydrogens is 385 g/mol. The Balaban J connectivity index is 1.91. The number of hydrogen-bond donors (Lipinski definition) is 2. The summed E-state index contributed by atoms with van der Waals surface area (Å²) >= 11 is 11.8. The minimum Gasteiger partial charge on any atom is -0.399 e. The average molecular weight is 400 g/mol. The minimum atomic E-state index is -0.811. The second-order valence-electron chi connectivity index (χ2n) is 5.65. The number of rotatable bonds is 3. The highest BCUT2D eigenvalue weighted by atomic mass is 35.5. The maximum Gasteiger partial charge on any atom is 0.321 e. The molecule has 27 heavy (non-hydrogen) atoms. The largest absolute Gasteiger partial charge is 0.399 e. The Morgan fingerprint density at radius 2 is 1.44 bits per heavy atom. The number of halogens is 2. The zero-order valence-corrected chi connectivity index (χ0v) is 15.5. The molecule has 3 rings (SSSR count). The highest BCUT2D eigenvalue weighted by Gasteiger charge is 2.25. The van der Waals surface area contributed by atoms with Crippen LogP contribution in [0.25, 0.3) is 0 Å². The normalized spacial score (nSPS) is 10.3. The standard InChI is InChI=1S/C20H15Cl2N3O2/c21-17-11-8-14(12-18(17)22)24-19(26)20(27)25(15-4-2-1-3-5-15)16-9-6-13(23)7-10-16/h1-12H,23H2,(H,24,26). The number of nitrogen functional groups attached to an aromatic ring is 1. The Bertz CT molecular complexity index is 976. The van der Waals surface area contributed by atoms with Gasteiger partial charge in [0.05, 0.1) is 10.0 Å². The molecule has 0 saturated carbocycles. The van der Waals surface area contributed by atoms with Crippen LogP contribution in [0.5, 0.6) is 0 Å². The SMILES string of the molecule is Nc1ccc(N(C(=O)C(=O)Nc2ccc(Cl)c(Cl)c2)c2ccccc2)cc1.